The SMILES string of the molecule is C[C@@]12C=C[C@@H](O1)[C@@H]1C(=O)N(c3cc(Cl)cc(Cl)c3)C(=O)[C@H]12. The predicted molar refractivity (Wildman–Crippen MR) is 78.4 cm³/mol. The molecule has 0 saturated carbocycles. The summed E-state index contributed by atoms with van der Waals surface area (Å²) in [5, 5.41) is 0.775. The van der Waals surface area contributed by atoms with Crippen LogP contribution in [0.5, 0.6) is 0 Å². The lowest BCUT2D eigenvalue weighted by molar-refractivity contribution is -0.126. The zero-order valence-electron chi connectivity index (χ0n) is 11.0. The third kappa shape index (κ3) is 1.67. The van der Waals surface area contributed by atoms with Crippen LogP contribution in [0.25, 0.3) is 0 Å². The molecule has 0 aliphatic carbocycles. The van der Waals surface area contributed by atoms with Gasteiger partial charge in [0.25, 0.3) is 0 Å². The van der Waals surface area contributed by atoms with E-state index in [0.717, 1.165) is 0 Å². The van der Waals surface area contributed by atoms with Crippen molar-refractivity contribution in [3.8, 4) is 0 Å². The first-order valence-corrected chi connectivity index (χ1v) is 7.37. The number of fused-ring (bicyclic) bond motifs is 5. The van der Waals surface area contributed by atoms with Crippen LogP contribution >= 0.6 is 23.2 Å². The monoisotopic (exact) mass is 323 g/mol. The Kier molecular flexibility index (Phi) is 2.60. The minimum Gasteiger partial charge on any atom is -0.362 e. The van der Waals surface area contributed by atoms with Crippen molar-refractivity contribution >= 4 is 40.7 Å². The standard InChI is InChI=1S/C15H11Cl2NO3/c1-15-3-2-10(21-15)11-12(15)14(20)18(13(11)19)9-5-7(16)4-8(17)6-9/h2-6,10-12H,1H3/t10-,11+,12+,15+/m1/s1. The maximum absolute atomic E-state index is 12.7. The molecule has 3 heterocycles. The number of ether oxygens (including phenoxy) is 1. The van der Waals surface area contributed by atoms with E-state index in [9.17, 15) is 9.59 Å². The summed E-state index contributed by atoms with van der Waals surface area (Å²) < 4.78 is 5.77. The molecule has 1 aromatic carbocycles. The number of carbonyl (C=O) groups is 2. The molecule has 4 rings (SSSR count). The van der Waals surface area contributed by atoms with E-state index in [1.54, 1.807) is 18.2 Å². The van der Waals surface area contributed by atoms with Crippen molar-refractivity contribution in [3.05, 3.63) is 40.4 Å². The Balaban J connectivity index is 1.80. The molecule has 0 spiro atoms. The lowest BCUT2D eigenvalue weighted by atomic mass is 9.78. The number of imide groups is 1. The second kappa shape index (κ2) is 4.09. The first-order chi connectivity index (χ1) is 9.90. The molecule has 6 heteroatoms. The van der Waals surface area contributed by atoms with Crippen LogP contribution in [-0.4, -0.2) is 23.5 Å². The van der Waals surface area contributed by atoms with Crippen LogP contribution in [0.4, 0.5) is 5.69 Å². The van der Waals surface area contributed by atoms with Gasteiger partial charge in [0.1, 0.15) is 0 Å². The van der Waals surface area contributed by atoms with E-state index in [1.165, 1.54) is 4.90 Å². The minimum atomic E-state index is -0.695. The van der Waals surface area contributed by atoms with Gasteiger partial charge in [-0.25, -0.2) is 4.90 Å². The molecule has 2 saturated heterocycles. The van der Waals surface area contributed by atoms with Crippen molar-refractivity contribution < 1.29 is 14.3 Å². The lowest BCUT2D eigenvalue weighted by Crippen LogP contribution is -2.38. The highest BCUT2D eigenvalue weighted by Gasteiger charge is 2.66. The summed E-state index contributed by atoms with van der Waals surface area (Å²) in [5.41, 5.74) is -0.279. The minimum absolute atomic E-state index is 0.249. The summed E-state index contributed by atoms with van der Waals surface area (Å²) in [4.78, 5) is 26.6. The van der Waals surface area contributed by atoms with Gasteiger partial charge in [0, 0.05) is 10.0 Å². The molecule has 3 aliphatic rings. The summed E-state index contributed by atoms with van der Waals surface area (Å²) in [6.07, 6.45) is 3.41. The molecule has 3 aliphatic heterocycles. The maximum atomic E-state index is 12.7. The Hall–Kier alpha value is -1.36. The second-order valence-electron chi connectivity index (χ2n) is 5.77. The van der Waals surface area contributed by atoms with Gasteiger partial charge in [-0.15, -0.1) is 0 Å². The van der Waals surface area contributed by atoms with Gasteiger partial charge in [0.2, 0.25) is 11.8 Å². The van der Waals surface area contributed by atoms with Crippen LogP contribution in [0.2, 0.25) is 10.0 Å². The Morgan fingerprint density at radius 3 is 2.43 bits per heavy atom. The van der Waals surface area contributed by atoms with Crippen LogP contribution in [-0.2, 0) is 14.3 Å². The van der Waals surface area contributed by atoms with Crippen LogP contribution in [0, 0.1) is 11.8 Å². The average molecular weight is 324 g/mol. The fraction of sp³-hybridized carbons (Fsp3) is 0.333. The van der Waals surface area contributed by atoms with Gasteiger partial charge in [0.15, 0.2) is 0 Å². The van der Waals surface area contributed by atoms with E-state index >= 15 is 0 Å². The smallest absolute Gasteiger partial charge is 0.241 e. The van der Waals surface area contributed by atoms with Gasteiger partial charge in [-0.1, -0.05) is 35.4 Å². The van der Waals surface area contributed by atoms with Gasteiger partial charge in [-0.3, -0.25) is 9.59 Å². The Labute approximate surface area is 131 Å². The Bertz CT molecular complexity index is 697. The van der Waals surface area contributed by atoms with Crippen LogP contribution < -0.4 is 4.90 Å². The molecule has 0 aromatic heterocycles. The molecule has 4 atom stereocenters. The zero-order chi connectivity index (χ0) is 14.9. The molecule has 108 valence electrons. The highest BCUT2D eigenvalue weighted by Crippen LogP contribution is 2.52. The highest BCUT2D eigenvalue weighted by molar-refractivity contribution is 6.35. The number of rotatable bonds is 1. The molecule has 21 heavy (non-hydrogen) atoms. The quantitative estimate of drug-likeness (QED) is 0.589. The molecular formula is C15H11Cl2NO3. The number of halogens is 2. The van der Waals surface area contributed by atoms with Crippen molar-refractivity contribution in [2.24, 2.45) is 11.8 Å². The fourth-order valence-electron chi connectivity index (χ4n) is 3.58. The van der Waals surface area contributed by atoms with E-state index < -0.39 is 17.4 Å². The van der Waals surface area contributed by atoms with Gasteiger partial charge >= 0.3 is 0 Å². The number of benzene rings is 1. The molecule has 1 aromatic rings. The van der Waals surface area contributed by atoms with Crippen molar-refractivity contribution in [2.75, 3.05) is 4.90 Å². The van der Waals surface area contributed by atoms with Crippen LogP contribution in [0.1, 0.15) is 6.92 Å². The zero-order valence-corrected chi connectivity index (χ0v) is 12.6. The molecular weight excluding hydrogens is 313 g/mol. The molecule has 0 unspecified atom stereocenters. The number of anilines is 1. The van der Waals surface area contributed by atoms with Gasteiger partial charge in [-0.2, -0.15) is 0 Å². The predicted octanol–water partition coefficient (Wildman–Crippen LogP) is 2.83. The van der Waals surface area contributed by atoms with Crippen molar-refractivity contribution in [3.63, 3.8) is 0 Å². The average Bonchev–Trinajstić information content (AvgIpc) is 2.98. The molecule has 4 nitrogen and oxygen atoms in total. The summed E-state index contributed by atoms with van der Waals surface area (Å²) >= 11 is 11.9. The van der Waals surface area contributed by atoms with E-state index in [4.69, 9.17) is 27.9 Å². The first-order valence-electron chi connectivity index (χ1n) is 6.62. The van der Waals surface area contributed by atoms with E-state index in [1.807, 2.05) is 19.1 Å². The lowest BCUT2D eigenvalue weighted by Gasteiger charge is -2.24. The number of hydrogen-bond donors (Lipinski definition) is 0. The summed E-state index contributed by atoms with van der Waals surface area (Å²) in [7, 11) is 0. The molecule has 0 radical (unpaired) electrons. The van der Waals surface area contributed by atoms with Crippen LogP contribution in [0.15, 0.2) is 30.4 Å². The Morgan fingerprint density at radius 2 is 1.81 bits per heavy atom. The van der Waals surface area contributed by atoms with Gasteiger partial charge < -0.3 is 4.74 Å². The van der Waals surface area contributed by atoms with E-state index in [-0.39, 0.29) is 17.9 Å². The van der Waals surface area contributed by atoms with E-state index in [2.05, 4.69) is 0 Å². The number of hydrogen-bond acceptors (Lipinski definition) is 3. The summed E-state index contributed by atoms with van der Waals surface area (Å²) in [6.45, 7) is 1.84. The number of nitrogens with zero attached hydrogens (tertiary/aromatic N) is 1. The summed E-state index contributed by atoms with van der Waals surface area (Å²) in [5.74, 6) is -1.43. The van der Waals surface area contributed by atoms with Crippen molar-refractivity contribution in [1.82, 2.24) is 0 Å². The normalized spacial score (nSPS) is 36.7. The highest BCUT2D eigenvalue weighted by atomic mass is 35.5. The van der Waals surface area contributed by atoms with Crippen molar-refractivity contribution in [1.29, 1.82) is 0 Å². The molecule has 2 amide bonds. The van der Waals surface area contributed by atoms with E-state index in [0.29, 0.717) is 15.7 Å². The van der Waals surface area contributed by atoms with Gasteiger partial charge in [0.05, 0.1) is 29.2 Å². The summed E-state index contributed by atoms with van der Waals surface area (Å²) in [6, 6.07) is 4.71. The third-order valence-electron chi connectivity index (χ3n) is 4.43. The van der Waals surface area contributed by atoms with Gasteiger partial charge in [-0.05, 0) is 25.1 Å². The Morgan fingerprint density at radius 1 is 1.14 bits per heavy atom. The van der Waals surface area contributed by atoms with Crippen LogP contribution in [0.3, 0.4) is 0 Å². The third-order valence-corrected chi connectivity index (χ3v) is 4.87. The fourth-order valence-corrected chi connectivity index (χ4v) is 4.09. The first kappa shape index (κ1) is 13.3. The second-order valence-corrected chi connectivity index (χ2v) is 6.64. The maximum Gasteiger partial charge on any atom is 0.241 e. The number of amides is 2. The number of carbonyl (C=O) groups excluding carboxylic acids is 2. The van der Waals surface area contributed by atoms with Crippen molar-refractivity contribution in [2.45, 2.75) is 18.6 Å². The molecule has 0 N–H and O–H groups in total. The molecule has 2 bridgehead atoms. The largest absolute Gasteiger partial charge is 0.362 e. The topological polar surface area (TPSA) is 46.6 Å². The molecule has 2 fully saturated rings.